The Balaban J connectivity index is 2.46. The second-order valence-electron chi connectivity index (χ2n) is 3.68. The van der Waals surface area contributed by atoms with Gasteiger partial charge in [0.05, 0.1) is 6.61 Å². The van der Waals surface area contributed by atoms with Crippen LogP contribution in [0.1, 0.15) is 23.9 Å². The van der Waals surface area contributed by atoms with Crippen LogP contribution in [0.15, 0.2) is 6.07 Å². The molecular formula is C12H19N3O. The minimum Gasteiger partial charge on any atom is -0.380 e. The first kappa shape index (κ1) is 12.8. The standard InChI is InChI=1S/C12H19N3O/c1-4-16-6-5-14-9-11-7-12(8-13)15(3)10(11)2/h7,14H,4-6,9H2,1-3H3. The van der Waals surface area contributed by atoms with E-state index in [1.807, 2.05) is 31.5 Å². The molecule has 1 heterocycles. The van der Waals surface area contributed by atoms with Crippen LogP contribution in [0.3, 0.4) is 0 Å². The molecule has 0 fully saturated rings. The molecule has 0 unspecified atom stereocenters. The highest BCUT2D eigenvalue weighted by molar-refractivity contribution is 5.33. The molecular weight excluding hydrogens is 202 g/mol. The molecule has 1 rings (SSSR count). The summed E-state index contributed by atoms with van der Waals surface area (Å²) in [4.78, 5) is 0. The summed E-state index contributed by atoms with van der Waals surface area (Å²) in [6, 6.07) is 4.11. The van der Waals surface area contributed by atoms with Gasteiger partial charge in [-0.15, -0.1) is 0 Å². The molecule has 0 aliphatic heterocycles. The molecule has 0 bridgehead atoms. The normalized spacial score (nSPS) is 10.4. The van der Waals surface area contributed by atoms with Crippen molar-refractivity contribution in [3.05, 3.63) is 23.0 Å². The van der Waals surface area contributed by atoms with Crippen LogP contribution < -0.4 is 5.32 Å². The van der Waals surface area contributed by atoms with Gasteiger partial charge in [0.25, 0.3) is 0 Å². The number of nitrogens with one attached hydrogen (secondary N) is 1. The Bertz CT molecular complexity index is 376. The highest BCUT2D eigenvalue weighted by Crippen LogP contribution is 2.12. The maximum absolute atomic E-state index is 8.89. The Morgan fingerprint density at radius 3 is 2.88 bits per heavy atom. The van der Waals surface area contributed by atoms with Gasteiger partial charge in [-0.25, -0.2) is 0 Å². The number of nitrogens with zero attached hydrogens (tertiary/aromatic N) is 2. The monoisotopic (exact) mass is 221 g/mol. The van der Waals surface area contributed by atoms with Crippen molar-refractivity contribution in [2.24, 2.45) is 7.05 Å². The van der Waals surface area contributed by atoms with Crippen molar-refractivity contribution in [3.8, 4) is 6.07 Å². The molecule has 0 radical (unpaired) electrons. The van der Waals surface area contributed by atoms with Crippen molar-refractivity contribution in [3.63, 3.8) is 0 Å². The Kier molecular flexibility index (Phi) is 5.03. The molecule has 0 aromatic carbocycles. The predicted molar refractivity (Wildman–Crippen MR) is 63.1 cm³/mol. The SMILES string of the molecule is CCOCCNCc1cc(C#N)n(C)c1C. The van der Waals surface area contributed by atoms with Gasteiger partial charge in [-0.3, -0.25) is 0 Å². The van der Waals surface area contributed by atoms with E-state index in [1.165, 1.54) is 5.56 Å². The minimum atomic E-state index is 0.708. The maximum atomic E-state index is 8.89. The summed E-state index contributed by atoms with van der Waals surface area (Å²) in [6.45, 7) is 7.12. The van der Waals surface area contributed by atoms with Gasteiger partial charge in [-0.1, -0.05) is 0 Å². The molecule has 0 aliphatic carbocycles. The van der Waals surface area contributed by atoms with Gasteiger partial charge in [-0.2, -0.15) is 5.26 Å². The second-order valence-corrected chi connectivity index (χ2v) is 3.68. The molecule has 16 heavy (non-hydrogen) atoms. The van der Waals surface area contributed by atoms with E-state index in [2.05, 4.69) is 11.4 Å². The van der Waals surface area contributed by atoms with Crippen LogP contribution in [0.2, 0.25) is 0 Å². The van der Waals surface area contributed by atoms with Gasteiger partial charge in [0.15, 0.2) is 0 Å². The molecule has 4 nitrogen and oxygen atoms in total. The van der Waals surface area contributed by atoms with Crippen LogP contribution in [-0.4, -0.2) is 24.3 Å². The fraction of sp³-hybridized carbons (Fsp3) is 0.583. The average molecular weight is 221 g/mol. The van der Waals surface area contributed by atoms with Crippen molar-refractivity contribution < 1.29 is 4.74 Å². The quantitative estimate of drug-likeness (QED) is 0.737. The van der Waals surface area contributed by atoms with Crippen LogP contribution in [0, 0.1) is 18.3 Å². The van der Waals surface area contributed by atoms with E-state index in [1.54, 1.807) is 0 Å². The summed E-state index contributed by atoms with van der Waals surface area (Å²) in [7, 11) is 1.91. The smallest absolute Gasteiger partial charge is 0.120 e. The lowest BCUT2D eigenvalue weighted by molar-refractivity contribution is 0.149. The molecule has 1 N–H and O–H groups in total. The second kappa shape index (κ2) is 6.31. The van der Waals surface area contributed by atoms with Crippen molar-refractivity contribution in [1.29, 1.82) is 5.26 Å². The molecule has 0 amide bonds. The zero-order valence-corrected chi connectivity index (χ0v) is 10.2. The largest absolute Gasteiger partial charge is 0.380 e. The van der Waals surface area contributed by atoms with Gasteiger partial charge < -0.3 is 14.6 Å². The Morgan fingerprint density at radius 2 is 2.31 bits per heavy atom. The van der Waals surface area contributed by atoms with Crippen LogP contribution in [-0.2, 0) is 18.3 Å². The third-order valence-corrected chi connectivity index (χ3v) is 2.70. The maximum Gasteiger partial charge on any atom is 0.120 e. The lowest BCUT2D eigenvalue weighted by Gasteiger charge is -2.05. The van der Waals surface area contributed by atoms with Crippen LogP contribution >= 0.6 is 0 Å². The number of ether oxygens (including phenoxy) is 1. The first-order chi connectivity index (χ1) is 7.70. The highest BCUT2D eigenvalue weighted by Gasteiger charge is 2.07. The number of aromatic nitrogens is 1. The molecule has 0 saturated carbocycles. The first-order valence-corrected chi connectivity index (χ1v) is 5.54. The zero-order valence-electron chi connectivity index (χ0n) is 10.2. The fourth-order valence-electron chi connectivity index (χ4n) is 1.56. The van der Waals surface area contributed by atoms with Gasteiger partial charge in [-0.05, 0) is 25.5 Å². The predicted octanol–water partition coefficient (Wildman–Crippen LogP) is 1.33. The fourth-order valence-corrected chi connectivity index (χ4v) is 1.56. The third-order valence-electron chi connectivity index (χ3n) is 2.70. The summed E-state index contributed by atoms with van der Waals surface area (Å²) in [5.74, 6) is 0. The Morgan fingerprint density at radius 1 is 1.56 bits per heavy atom. The Labute approximate surface area is 96.8 Å². The van der Waals surface area contributed by atoms with Crippen molar-refractivity contribution in [2.75, 3.05) is 19.8 Å². The van der Waals surface area contributed by atoms with E-state index in [0.29, 0.717) is 5.69 Å². The topological polar surface area (TPSA) is 50.0 Å². The molecule has 0 aliphatic rings. The van der Waals surface area contributed by atoms with Crippen molar-refractivity contribution >= 4 is 0 Å². The number of rotatable bonds is 6. The van der Waals surface area contributed by atoms with E-state index < -0.39 is 0 Å². The minimum absolute atomic E-state index is 0.708. The molecule has 4 heteroatoms. The van der Waals surface area contributed by atoms with Gasteiger partial charge in [0.1, 0.15) is 11.8 Å². The van der Waals surface area contributed by atoms with E-state index in [4.69, 9.17) is 10.00 Å². The first-order valence-electron chi connectivity index (χ1n) is 5.54. The average Bonchev–Trinajstić information content (AvgIpc) is 2.56. The zero-order chi connectivity index (χ0) is 12.0. The van der Waals surface area contributed by atoms with Crippen molar-refractivity contribution in [1.82, 2.24) is 9.88 Å². The number of hydrogen-bond donors (Lipinski definition) is 1. The van der Waals surface area contributed by atoms with Gasteiger partial charge in [0.2, 0.25) is 0 Å². The molecule has 0 saturated heterocycles. The van der Waals surface area contributed by atoms with Gasteiger partial charge >= 0.3 is 0 Å². The van der Waals surface area contributed by atoms with Crippen molar-refractivity contribution in [2.45, 2.75) is 20.4 Å². The van der Waals surface area contributed by atoms with Crippen LogP contribution in [0.5, 0.6) is 0 Å². The van der Waals surface area contributed by atoms with E-state index in [-0.39, 0.29) is 0 Å². The Hall–Kier alpha value is -1.31. The van der Waals surface area contributed by atoms with Crippen LogP contribution in [0.25, 0.3) is 0 Å². The van der Waals surface area contributed by atoms with E-state index >= 15 is 0 Å². The van der Waals surface area contributed by atoms with Crippen LogP contribution in [0.4, 0.5) is 0 Å². The highest BCUT2D eigenvalue weighted by atomic mass is 16.5. The summed E-state index contributed by atoms with van der Waals surface area (Å²) >= 11 is 0. The summed E-state index contributed by atoms with van der Waals surface area (Å²) in [5.41, 5.74) is 3.02. The number of hydrogen-bond acceptors (Lipinski definition) is 3. The summed E-state index contributed by atoms with van der Waals surface area (Å²) < 4.78 is 7.15. The molecule has 88 valence electrons. The summed E-state index contributed by atoms with van der Waals surface area (Å²) in [6.07, 6.45) is 0. The number of nitriles is 1. The summed E-state index contributed by atoms with van der Waals surface area (Å²) in [5, 5.41) is 12.2. The van der Waals surface area contributed by atoms with Gasteiger partial charge in [0, 0.05) is 32.4 Å². The third kappa shape index (κ3) is 3.09. The van der Waals surface area contributed by atoms with E-state index in [9.17, 15) is 0 Å². The lowest BCUT2D eigenvalue weighted by Crippen LogP contribution is -2.19. The molecule has 0 spiro atoms. The molecule has 0 atom stereocenters. The molecule has 1 aromatic rings. The molecule has 1 aromatic heterocycles. The van der Waals surface area contributed by atoms with E-state index in [0.717, 1.165) is 32.0 Å². The lowest BCUT2D eigenvalue weighted by atomic mass is 10.2.